The minimum absolute atomic E-state index is 0.160. The lowest BCUT2D eigenvalue weighted by atomic mass is 10.2. The molecule has 0 saturated carbocycles. The highest BCUT2D eigenvalue weighted by molar-refractivity contribution is 5.87. The molecule has 3 N–H and O–H groups in total. The van der Waals surface area contributed by atoms with Gasteiger partial charge in [-0.3, -0.25) is 14.8 Å². The van der Waals surface area contributed by atoms with E-state index in [4.69, 9.17) is 9.62 Å². The Morgan fingerprint density at radius 2 is 2.10 bits per heavy atom. The van der Waals surface area contributed by atoms with Crippen LogP contribution in [0.15, 0.2) is 41.0 Å². The number of carbonyl (C=O) groups is 2. The predicted octanol–water partition coefficient (Wildman–Crippen LogP) is 2.03. The van der Waals surface area contributed by atoms with Gasteiger partial charge in [0.05, 0.1) is 6.26 Å². The molecule has 1 aromatic rings. The molecular formula is C15H20N2O4. The molecule has 0 spiro atoms. The van der Waals surface area contributed by atoms with Crippen molar-refractivity contribution in [2.75, 3.05) is 6.54 Å². The van der Waals surface area contributed by atoms with Crippen molar-refractivity contribution in [3.63, 3.8) is 0 Å². The zero-order chi connectivity index (χ0) is 15.3. The van der Waals surface area contributed by atoms with Crippen molar-refractivity contribution >= 4 is 17.9 Å². The first-order chi connectivity index (χ1) is 10.2. The Kier molecular flexibility index (Phi) is 8.32. The molecule has 0 unspecified atom stereocenters. The normalized spacial score (nSPS) is 11.1. The fraction of sp³-hybridized carbons (Fsp3) is 0.333. The highest BCUT2D eigenvalue weighted by Crippen LogP contribution is 2.02. The summed E-state index contributed by atoms with van der Waals surface area (Å²) in [5, 5.41) is 11.0. The van der Waals surface area contributed by atoms with Gasteiger partial charge in [0, 0.05) is 19.0 Å². The van der Waals surface area contributed by atoms with Crippen molar-refractivity contribution in [2.24, 2.45) is 0 Å². The molecule has 0 aliphatic carbocycles. The average molecular weight is 292 g/mol. The fourth-order valence-electron chi connectivity index (χ4n) is 1.59. The van der Waals surface area contributed by atoms with E-state index in [1.807, 2.05) is 6.07 Å². The van der Waals surface area contributed by atoms with Crippen LogP contribution >= 0.6 is 0 Å². The molecule has 0 aliphatic heterocycles. The standard InChI is InChI=1S/C15H20N2O4/c18-14(9-4-3-7-13-8-6-12-21-13)16-11-5-1-2-10-15(19)17-20/h3-4,6-9,12,20H,1-2,5,10-11H2,(H,16,18)(H,17,19). The topological polar surface area (TPSA) is 91.6 Å². The van der Waals surface area contributed by atoms with Gasteiger partial charge in [0.1, 0.15) is 5.76 Å². The molecular weight excluding hydrogens is 272 g/mol. The van der Waals surface area contributed by atoms with Crippen molar-refractivity contribution in [2.45, 2.75) is 25.7 Å². The maximum atomic E-state index is 11.4. The number of hydroxylamine groups is 1. The highest BCUT2D eigenvalue weighted by atomic mass is 16.5. The summed E-state index contributed by atoms with van der Waals surface area (Å²) in [5.74, 6) is 0.185. The van der Waals surface area contributed by atoms with Crippen molar-refractivity contribution in [1.82, 2.24) is 10.8 Å². The number of hydrogen-bond acceptors (Lipinski definition) is 4. The van der Waals surface area contributed by atoms with Gasteiger partial charge in [-0.15, -0.1) is 0 Å². The molecule has 114 valence electrons. The largest absolute Gasteiger partial charge is 0.465 e. The van der Waals surface area contributed by atoms with Gasteiger partial charge in [-0.25, -0.2) is 5.48 Å². The zero-order valence-corrected chi connectivity index (χ0v) is 11.7. The lowest BCUT2D eigenvalue weighted by molar-refractivity contribution is -0.129. The minimum Gasteiger partial charge on any atom is -0.465 e. The maximum absolute atomic E-state index is 11.4. The van der Waals surface area contributed by atoms with Crippen LogP contribution in [-0.2, 0) is 9.59 Å². The van der Waals surface area contributed by atoms with Crippen LogP contribution in [0.3, 0.4) is 0 Å². The summed E-state index contributed by atoms with van der Waals surface area (Å²) in [6.07, 6.45) is 10.7. The molecule has 21 heavy (non-hydrogen) atoms. The molecule has 1 aromatic heterocycles. The van der Waals surface area contributed by atoms with Crippen LogP contribution in [0.4, 0.5) is 0 Å². The van der Waals surface area contributed by atoms with Gasteiger partial charge in [0.15, 0.2) is 0 Å². The van der Waals surface area contributed by atoms with Crippen molar-refractivity contribution in [3.8, 4) is 0 Å². The van der Waals surface area contributed by atoms with E-state index in [-0.39, 0.29) is 11.8 Å². The second-order valence-electron chi connectivity index (χ2n) is 4.37. The molecule has 0 atom stereocenters. The minimum atomic E-state index is -0.384. The third kappa shape index (κ3) is 8.43. The molecule has 1 rings (SSSR count). The number of unbranched alkanes of at least 4 members (excludes halogenated alkanes) is 2. The lowest BCUT2D eigenvalue weighted by Crippen LogP contribution is -2.22. The van der Waals surface area contributed by atoms with E-state index in [1.165, 1.54) is 6.08 Å². The Morgan fingerprint density at radius 3 is 2.81 bits per heavy atom. The van der Waals surface area contributed by atoms with E-state index in [0.29, 0.717) is 19.4 Å². The summed E-state index contributed by atoms with van der Waals surface area (Å²) >= 11 is 0. The SMILES string of the molecule is O=C(C=CC=Cc1ccco1)NCCCCCC(=O)NO. The van der Waals surface area contributed by atoms with Crippen LogP contribution in [0.25, 0.3) is 6.08 Å². The van der Waals surface area contributed by atoms with Crippen LogP contribution in [0.1, 0.15) is 31.4 Å². The number of carbonyl (C=O) groups excluding carboxylic acids is 2. The van der Waals surface area contributed by atoms with Gasteiger partial charge in [0.25, 0.3) is 0 Å². The number of hydrogen-bond donors (Lipinski definition) is 3. The van der Waals surface area contributed by atoms with E-state index >= 15 is 0 Å². The number of nitrogens with one attached hydrogen (secondary N) is 2. The Bertz CT molecular complexity index is 478. The molecule has 0 aromatic carbocycles. The van der Waals surface area contributed by atoms with Gasteiger partial charge in [0.2, 0.25) is 11.8 Å². The van der Waals surface area contributed by atoms with Crippen LogP contribution in [0, 0.1) is 0 Å². The van der Waals surface area contributed by atoms with E-state index in [2.05, 4.69) is 5.32 Å². The Balaban J connectivity index is 2.04. The number of furan rings is 1. The highest BCUT2D eigenvalue weighted by Gasteiger charge is 1.98. The number of rotatable bonds is 9. The molecule has 0 aliphatic rings. The zero-order valence-electron chi connectivity index (χ0n) is 11.7. The average Bonchev–Trinajstić information content (AvgIpc) is 3.00. The number of allylic oxidation sites excluding steroid dienone is 2. The fourth-order valence-corrected chi connectivity index (χ4v) is 1.59. The van der Waals surface area contributed by atoms with Gasteiger partial charge in [-0.05, 0) is 31.1 Å². The van der Waals surface area contributed by atoms with Crippen LogP contribution < -0.4 is 10.8 Å². The van der Waals surface area contributed by atoms with Crippen molar-refractivity contribution < 1.29 is 19.2 Å². The number of amides is 2. The van der Waals surface area contributed by atoms with Crippen LogP contribution in [0.2, 0.25) is 0 Å². The van der Waals surface area contributed by atoms with Crippen molar-refractivity contribution in [1.29, 1.82) is 0 Å². The molecule has 0 bridgehead atoms. The first kappa shape index (κ1) is 16.7. The summed E-state index contributed by atoms with van der Waals surface area (Å²) < 4.78 is 5.10. The Labute approximate surface area is 123 Å². The first-order valence-electron chi connectivity index (χ1n) is 6.81. The molecule has 6 heteroatoms. The molecule has 2 amide bonds. The third-order valence-corrected chi connectivity index (χ3v) is 2.67. The van der Waals surface area contributed by atoms with Gasteiger partial charge < -0.3 is 9.73 Å². The van der Waals surface area contributed by atoms with E-state index in [0.717, 1.165) is 18.6 Å². The summed E-state index contributed by atoms with van der Waals surface area (Å²) in [6, 6.07) is 3.61. The molecule has 1 heterocycles. The lowest BCUT2D eigenvalue weighted by Gasteiger charge is -2.02. The summed E-state index contributed by atoms with van der Waals surface area (Å²) in [6.45, 7) is 0.561. The molecule has 0 saturated heterocycles. The van der Waals surface area contributed by atoms with Gasteiger partial charge in [-0.1, -0.05) is 18.6 Å². The summed E-state index contributed by atoms with van der Waals surface area (Å²) in [4.78, 5) is 22.2. The maximum Gasteiger partial charge on any atom is 0.243 e. The Morgan fingerprint density at radius 1 is 1.24 bits per heavy atom. The second kappa shape index (κ2) is 10.4. The molecule has 0 fully saturated rings. The van der Waals surface area contributed by atoms with Gasteiger partial charge >= 0.3 is 0 Å². The summed E-state index contributed by atoms with van der Waals surface area (Å²) in [7, 11) is 0. The quantitative estimate of drug-likeness (QED) is 0.213. The summed E-state index contributed by atoms with van der Waals surface area (Å²) in [5.41, 5.74) is 1.58. The Hall–Kier alpha value is -2.34. The smallest absolute Gasteiger partial charge is 0.243 e. The van der Waals surface area contributed by atoms with Crippen LogP contribution in [-0.4, -0.2) is 23.6 Å². The van der Waals surface area contributed by atoms with E-state index < -0.39 is 0 Å². The first-order valence-corrected chi connectivity index (χ1v) is 6.81. The van der Waals surface area contributed by atoms with E-state index in [9.17, 15) is 9.59 Å². The monoisotopic (exact) mass is 292 g/mol. The third-order valence-electron chi connectivity index (χ3n) is 2.67. The van der Waals surface area contributed by atoms with Crippen molar-refractivity contribution in [3.05, 3.63) is 42.4 Å². The van der Waals surface area contributed by atoms with Crippen LogP contribution in [0.5, 0.6) is 0 Å². The molecule has 0 radical (unpaired) electrons. The predicted molar refractivity (Wildman–Crippen MR) is 78.3 cm³/mol. The van der Waals surface area contributed by atoms with E-state index in [1.54, 1.807) is 36.0 Å². The molecule has 6 nitrogen and oxygen atoms in total. The second-order valence-corrected chi connectivity index (χ2v) is 4.37. The van der Waals surface area contributed by atoms with Gasteiger partial charge in [-0.2, -0.15) is 0 Å².